The molecule has 0 aliphatic carbocycles. The number of hydrogen-bond donors (Lipinski definition) is 0. The minimum atomic E-state index is -0.479. The third-order valence-corrected chi connectivity index (χ3v) is 3.06. The number of ether oxygens (including phenoxy) is 2. The van der Waals surface area contributed by atoms with Gasteiger partial charge < -0.3 is 9.47 Å². The Kier molecular flexibility index (Phi) is 6.08. The van der Waals surface area contributed by atoms with Crippen molar-refractivity contribution >= 4 is 17.7 Å². The maximum atomic E-state index is 11.7. The van der Waals surface area contributed by atoms with Gasteiger partial charge in [0.2, 0.25) is 0 Å². The molecular weight excluding hydrogens is 310 g/mol. The van der Waals surface area contributed by atoms with E-state index < -0.39 is 17.0 Å². The Morgan fingerprint density at radius 3 is 2.46 bits per heavy atom. The van der Waals surface area contributed by atoms with Crippen molar-refractivity contribution in [2.75, 3.05) is 6.61 Å². The highest BCUT2D eigenvalue weighted by atomic mass is 16.6. The SMILES string of the molecule is CC(COc1ccc([N+](=O)[O-])cc1)OC(=O)C=Cc1ccccc1. The van der Waals surface area contributed by atoms with Crippen LogP contribution in [0.1, 0.15) is 12.5 Å². The van der Waals surface area contributed by atoms with E-state index in [1.54, 1.807) is 13.0 Å². The summed E-state index contributed by atoms with van der Waals surface area (Å²) in [6, 6.07) is 15.1. The summed E-state index contributed by atoms with van der Waals surface area (Å²) < 4.78 is 10.6. The Balaban J connectivity index is 1.78. The number of hydrogen-bond acceptors (Lipinski definition) is 5. The van der Waals surface area contributed by atoms with Crippen LogP contribution in [0.25, 0.3) is 6.08 Å². The van der Waals surface area contributed by atoms with Gasteiger partial charge in [-0.05, 0) is 30.7 Å². The van der Waals surface area contributed by atoms with Crippen molar-refractivity contribution < 1.29 is 19.2 Å². The van der Waals surface area contributed by atoms with Crippen LogP contribution in [-0.2, 0) is 9.53 Å². The fourth-order valence-corrected chi connectivity index (χ4v) is 1.88. The predicted molar refractivity (Wildman–Crippen MR) is 89.6 cm³/mol. The van der Waals surface area contributed by atoms with Crippen LogP contribution in [0.5, 0.6) is 5.75 Å². The average Bonchev–Trinajstić information content (AvgIpc) is 2.59. The highest BCUT2D eigenvalue weighted by Crippen LogP contribution is 2.17. The van der Waals surface area contributed by atoms with Crippen molar-refractivity contribution in [1.82, 2.24) is 0 Å². The number of esters is 1. The van der Waals surface area contributed by atoms with Gasteiger partial charge in [-0.3, -0.25) is 10.1 Å². The molecule has 0 amide bonds. The van der Waals surface area contributed by atoms with E-state index in [4.69, 9.17) is 9.47 Å². The molecule has 0 fully saturated rings. The minimum absolute atomic E-state index is 0.00660. The molecule has 2 aromatic carbocycles. The number of non-ortho nitro benzene ring substituents is 1. The molecule has 0 aromatic heterocycles. The maximum Gasteiger partial charge on any atom is 0.331 e. The van der Waals surface area contributed by atoms with Gasteiger partial charge in [-0.15, -0.1) is 0 Å². The van der Waals surface area contributed by atoms with E-state index in [9.17, 15) is 14.9 Å². The molecule has 2 rings (SSSR count). The monoisotopic (exact) mass is 327 g/mol. The second kappa shape index (κ2) is 8.47. The standard InChI is InChI=1S/C18H17NO5/c1-14(13-23-17-10-8-16(9-11-17)19(21)22)24-18(20)12-7-15-5-3-2-4-6-15/h2-12,14H,13H2,1H3. The smallest absolute Gasteiger partial charge is 0.331 e. The lowest BCUT2D eigenvalue weighted by molar-refractivity contribution is -0.384. The van der Waals surface area contributed by atoms with Gasteiger partial charge >= 0.3 is 5.97 Å². The fraction of sp³-hybridized carbons (Fsp3) is 0.167. The van der Waals surface area contributed by atoms with Gasteiger partial charge in [-0.25, -0.2) is 4.79 Å². The van der Waals surface area contributed by atoms with Gasteiger partial charge in [0.15, 0.2) is 0 Å². The topological polar surface area (TPSA) is 78.7 Å². The Labute approximate surface area is 139 Å². The summed E-state index contributed by atoms with van der Waals surface area (Å²) in [5, 5.41) is 10.6. The Morgan fingerprint density at radius 2 is 1.83 bits per heavy atom. The minimum Gasteiger partial charge on any atom is -0.490 e. The number of benzene rings is 2. The van der Waals surface area contributed by atoms with Crippen molar-refractivity contribution in [2.45, 2.75) is 13.0 Å². The first-order valence-corrected chi connectivity index (χ1v) is 7.35. The molecule has 0 saturated heterocycles. The molecule has 0 saturated carbocycles. The summed E-state index contributed by atoms with van der Waals surface area (Å²) in [7, 11) is 0. The van der Waals surface area contributed by atoms with E-state index in [-0.39, 0.29) is 12.3 Å². The molecule has 124 valence electrons. The number of carbonyl (C=O) groups excluding carboxylic acids is 1. The van der Waals surface area contributed by atoms with Gasteiger partial charge in [-0.1, -0.05) is 30.3 Å². The molecule has 1 atom stereocenters. The molecule has 0 spiro atoms. The van der Waals surface area contributed by atoms with Crippen LogP contribution >= 0.6 is 0 Å². The Hall–Kier alpha value is -3.15. The lowest BCUT2D eigenvalue weighted by Crippen LogP contribution is -2.20. The van der Waals surface area contributed by atoms with Gasteiger partial charge in [0.25, 0.3) is 5.69 Å². The summed E-state index contributed by atoms with van der Waals surface area (Å²) in [5.74, 6) is 0.0157. The van der Waals surface area contributed by atoms with Crippen LogP contribution in [0.3, 0.4) is 0 Å². The molecule has 0 aliphatic rings. The molecule has 0 aliphatic heterocycles. The third kappa shape index (κ3) is 5.57. The quantitative estimate of drug-likeness (QED) is 0.336. The molecule has 1 unspecified atom stereocenters. The fourth-order valence-electron chi connectivity index (χ4n) is 1.88. The van der Waals surface area contributed by atoms with Crippen molar-refractivity contribution in [3.05, 3.63) is 76.4 Å². The number of nitrogens with zero attached hydrogens (tertiary/aromatic N) is 1. The average molecular weight is 327 g/mol. The lowest BCUT2D eigenvalue weighted by Gasteiger charge is -2.13. The second-order valence-corrected chi connectivity index (χ2v) is 5.05. The summed E-state index contributed by atoms with van der Waals surface area (Å²) in [4.78, 5) is 21.8. The highest BCUT2D eigenvalue weighted by Gasteiger charge is 2.09. The molecule has 6 heteroatoms. The van der Waals surface area contributed by atoms with Crippen molar-refractivity contribution in [3.63, 3.8) is 0 Å². The zero-order chi connectivity index (χ0) is 17.4. The number of rotatable bonds is 7. The van der Waals surface area contributed by atoms with Crippen molar-refractivity contribution in [1.29, 1.82) is 0 Å². The van der Waals surface area contributed by atoms with Crippen LogP contribution in [0, 0.1) is 10.1 Å². The van der Waals surface area contributed by atoms with E-state index in [2.05, 4.69) is 0 Å². The Bertz CT molecular complexity index is 710. The number of nitro benzene ring substituents is 1. The van der Waals surface area contributed by atoms with Gasteiger partial charge in [0.1, 0.15) is 18.5 Å². The highest BCUT2D eigenvalue weighted by molar-refractivity contribution is 5.87. The van der Waals surface area contributed by atoms with Crippen LogP contribution in [-0.4, -0.2) is 23.6 Å². The first-order valence-electron chi connectivity index (χ1n) is 7.35. The molecule has 6 nitrogen and oxygen atoms in total. The molecular formula is C18H17NO5. The normalized spacial score (nSPS) is 11.9. The molecule has 2 aromatic rings. The summed E-state index contributed by atoms with van der Waals surface area (Å²) in [6.07, 6.45) is 2.58. The number of carbonyl (C=O) groups is 1. The lowest BCUT2D eigenvalue weighted by atomic mass is 10.2. The van der Waals surface area contributed by atoms with Gasteiger partial charge in [0.05, 0.1) is 4.92 Å². The van der Waals surface area contributed by atoms with Crippen LogP contribution in [0.4, 0.5) is 5.69 Å². The summed E-state index contributed by atoms with van der Waals surface area (Å²) in [5.41, 5.74) is 0.900. The van der Waals surface area contributed by atoms with E-state index in [1.165, 1.54) is 30.3 Å². The van der Waals surface area contributed by atoms with E-state index in [0.717, 1.165) is 5.56 Å². The van der Waals surface area contributed by atoms with Gasteiger partial charge in [0, 0.05) is 18.2 Å². The van der Waals surface area contributed by atoms with Gasteiger partial charge in [-0.2, -0.15) is 0 Å². The van der Waals surface area contributed by atoms with Crippen LogP contribution in [0.15, 0.2) is 60.7 Å². The van der Waals surface area contributed by atoms with Crippen LogP contribution in [0.2, 0.25) is 0 Å². The maximum absolute atomic E-state index is 11.7. The largest absolute Gasteiger partial charge is 0.490 e. The third-order valence-electron chi connectivity index (χ3n) is 3.06. The number of nitro groups is 1. The molecule has 0 heterocycles. The second-order valence-electron chi connectivity index (χ2n) is 5.05. The Morgan fingerprint density at radius 1 is 1.17 bits per heavy atom. The van der Waals surface area contributed by atoms with E-state index in [0.29, 0.717) is 5.75 Å². The van der Waals surface area contributed by atoms with E-state index in [1.807, 2.05) is 30.3 Å². The summed E-state index contributed by atoms with van der Waals surface area (Å²) in [6.45, 7) is 1.86. The molecule has 0 N–H and O–H groups in total. The molecule has 0 radical (unpaired) electrons. The van der Waals surface area contributed by atoms with Crippen LogP contribution < -0.4 is 4.74 Å². The van der Waals surface area contributed by atoms with Crippen molar-refractivity contribution in [3.8, 4) is 5.75 Å². The predicted octanol–water partition coefficient (Wildman–Crippen LogP) is 3.62. The van der Waals surface area contributed by atoms with Crippen molar-refractivity contribution in [2.24, 2.45) is 0 Å². The zero-order valence-corrected chi connectivity index (χ0v) is 13.1. The zero-order valence-electron chi connectivity index (χ0n) is 13.1. The summed E-state index contributed by atoms with van der Waals surface area (Å²) >= 11 is 0. The molecule has 0 bridgehead atoms. The molecule has 24 heavy (non-hydrogen) atoms. The van der Waals surface area contributed by atoms with E-state index >= 15 is 0 Å². The first-order chi connectivity index (χ1) is 11.5. The first kappa shape index (κ1) is 17.2.